The van der Waals surface area contributed by atoms with Crippen LogP contribution in [0.2, 0.25) is 0 Å². The molecule has 6 heteroatoms. The standard InChI is InChI=1S/C14H11BrF2N2O/c1-7-2-5-11(16)13(12(7)17)19-14(20)9-6-8(18)3-4-10(9)15/h2-6H,18H2,1H3,(H,19,20). The highest BCUT2D eigenvalue weighted by Crippen LogP contribution is 2.25. The first-order valence-corrected chi connectivity index (χ1v) is 6.50. The number of hydrogen-bond acceptors (Lipinski definition) is 2. The second kappa shape index (κ2) is 5.58. The van der Waals surface area contributed by atoms with Crippen LogP contribution in [0.1, 0.15) is 15.9 Å². The highest BCUT2D eigenvalue weighted by Gasteiger charge is 2.17. The van der Waals surface area contributed by atoms with Gasteiger partial charge in [0.1, 0.15) is 11.5 Å². The van der Waals surface area contributed by atoms with Crippen molar-refractivity contribution < 1.29 is 13.6 Å². The summed E-state index contributed by atoms with van der Waals surface area (Å²) >= 11 is 3.19. The van der Waals surface area contributed by atoms with Crippen LogP contribution in [0.5, 0.6) is 0 Å². The van der Waals surface area contributed by atoms with Gasteiger partial charge in [0.15, 0.2) is 5.82 Å². The van der Waals surface area contributed by atoms with E-state index in [9.17, 15) is 13.6 Å². The van der Waals surface area contributed by atoms with Gasteiger partial charge < -0.3 is 11.1 Å². The van der Waals surface area contributed by atoms with E-state index in [1.54, 1.807) is 12.1 Å². The average molecular weight is 341 g/mol. The van der Waals surface area contributed by atoms with Gasteiger partial charge in [-0.25, -0.2) is 8.78 Å². The van der Waals surface area contributed by atoms with Crippen LogP contribution in [0.3, 0.4) is 0 Å². The minimum Gasteiger partial charge on any atom is -0.399 e. The van der Waals surface area contributed by atoms with Gasteiger partial charge in [0, 0.05) is 10.2 Å². The van der Waals surface area contributed by atoms with E-state index < -0.39 is 23.2 Å². The zero-order valence-electron chi connectivity index (χ0n) is 10.5. The molecule has 0 saturated heterocycles. The average Bonchev–Trinajstić information content (AvgIpc) is 2.41. The molecule has 1 amide bonds. The van der Waals surface area contributed by atoms with Crippen molar-refractivity contribution in [3.63, 3.8) is 0 Å². The highest BCUT2D eigenvalue weighted by molar-refractivity contribution is 9.10. The molecule has 0 unspecified atom stereocenters. The summed E-state index contributed by atoms with van der Waals surface area (Å²) in [4.78, 5) is 12.1. The molecule has 0 aliphatic carbocycles. The van der Waals surface area contributed by atoms with Crippen LogP contribution in [0.15, 0.2) is 34.8 Å². The van der Waals surface area contributed by atoms with Crippen LogP contribution in [0.4, 0.5) is 20.2 Å². The van der Waals surface area contributed by atoms with Gasteiger partial charge in [-0.3, -0.25) is 4.79 Å². The maximum absolute atomic E-state index is 13.8. The number of hydrogen-bond donors (Lipinski definition) is 2. The Morgan fingerprint density at radius 2 is 1.95 bits per heavy atom. The summed E-state index contributed by atoms with van der Waals surface area (Å²) in [5.74, 6) is -2.27. The number of nitrogens with two attached hydrogens (primary N) is 1. The maximum Gasteiger partial charge on any atom is 0.257 e. The van der Waals surface area contributed by atoms with Crippen LogP contribution >= 0.6 is 15.9 Å². The first-order chi connectivity index (χ1) is 9.40. The molecule has 0 spiro atoms. The summed E-state index contributed by atoms with van der Waals surface area (Å²) in [6, 6.07) is 7.02. The summed E-state index contributed by atoms with van der Waals surface area (Å²) in [6.07, 6.45) is 0. The molecular formula is C14H11BrF2N2O. The molecule has 3 nitrogen and oxygen atoms in total. The molecule has 0 aliphatic rings. The Balaban J connectivity index is 2.38. The molecule has 0 fully saturated rings. The van der Waals surface area contributed by atoms with Gasteiger partial charge in [0.2, 0.25) is 0 Å². The number of carbonyl (C=O) groups excluding carboxylic acids is 1. The first-order valence-electron chi connectivity index (χ1n) is 5.71. The maximum atomic E-state index is 13.8. The number of carbonyl (C=O) groups is 1. The normalized spacial score (nSPS) is 10.4. The molecule has 0 heterocycles. The number of nitrogens with one attached hydrogen (secondary N) is 1. The van der Waals surface area contributed by atoms with Gasteiger partial charge in [0.05, 0.1) is 5.56 Å². The highest BCUT2D eigenvalue weighted by atomic mass is 79.9. The topological polar surface area (TPSA) is 55.1 Å². The fraction of sp³-hybridized carbons (Fsp3) is 0.0714. The van der Waals surface area contributed by atoms with E-state index in [4.69, 9.17) is 5.73 Å². The fourth-order valence-electron chi connectivity index (χ4n) is 1.67. The van der Waals surface area contributed by atoms with Crippen LogP contribution in [0.25, 0.3) is 0 Å². The third-order valence-electron chi connectivity index (χ3n) is 2.76. The lowest BCUT2D eigenvalue weighted by atomic mass is 10.1. The number of aryl methyl sites for hydroxylation is 1. The molecule has 104 valence electrons. The molecular weight excluding hydrogens is 330 g/mol. The van der Waals surface area contributed by atoms with Crippen molar-refractivity contribution >= 4 is 33.2 Å². The number of halogens is 3. The molecule has 0 aliphatic heterocycles. The van der Waals surface area contributed by atoms with Crippen molar-refractivity contribution in [3.05, 3.63) is 57.6 Å². The zero-order chi connectivity index (χ0) is 14.9. The molecule has 0 saturated carbocycles. The van der Waals surface area contributed by atoms with Crippen molar-refractivity contribution in [3.8, 4) is 0 Å². The van der Waals surface area contributed by atoms with Crippen LogP contribution in [-0.4, -0.2) is 5.91 Å². The monoisotopic (exact) mass is 340 g/mol. The SMILES string of the molecule is Cc1ccc(F)c(NC(=O)c2cc(N)ccc2Br)c1F. The van der Waals surface area contributed by atoms with Crippen molar-refractivity contribution in [1.29, 1.82) is 0 Å². The molecule has 2 rings (SSSR count). The molecule has 3 N–H and O–H groups in total. The summed E-state index contributed by atoms with van der Waals surface area (Å²) in [7, 11) is 0. The number of rotatable bonds is 2. The number of benzene rings is 2. The summed E-state index contributed by atoms with van der Waals surface area (Å²) in [5, 5.41) is 2.23. The third-order valence-corrected chi connectivity index (χ3v) is 3.45. The van der Waals surface area contributed by atoms with Crippen LogP contribution < -0.4 is 11.1 Å². The van der Waals surface area contributed by atoms with Crippen molar-refractivity contribution in [2.45, 2.75) is 6.92 Å². The number of anilines is 2. The van der Waals surface area contributed by atoms with Gasteiger partial charge in [-0.1, -0.05) is 6.07 Å². The Morgan fingerprint density at radius 3 is 2.65 bits per heavy atom. The molecule has 0 atom stereocenters. The number of amides is 1. The predicted molar refractivity (Wildman–Crippen MR) is 77.6 cm³/mol. The minimum absolute atomic E-state index is 0.199. The Hall–Kier alpha value is -1.95. The summed E-state index contributed by atoms with van der Waals surface area (Å²) in [6.45, 7) is 1.49. The van der Waals surface area contributed by atoms with Crippen molar-refractivity contribution in [2.75, 3.05) is 11.1 Å². The van der Waals surface area contributed by atoms with Crippen LogP contribution in [-0.2, 0) is 0 Å². The van der Waals surface area contributed by atoms with E-state index in [0.29, 0.717) is 10.2 Å². The van der Waals surface area contributed by atoms with Gasteiger partial charge >= 0.3 is 0 Å². The Morgan fingerprint density at radius 1 is 1.25 bits per heavy atom. The molecule has 0 radical (unpaired) electrons. The minimum atomic E-state index is -0.832. The molecule has 2 aromatic rings. The van der Waals surface area contributed by atoms with Crippen molar-refractivity contribution in [1.82, 2.24) is 0 Å². The fourth-order valence-corrected chi connectivity index (χ4v) is 2.10. The van der Waals surface area contributed by atoms with E-state index in [-0.39, 0.29) is 11.1 Å². The number of nitrogen functional groups attached to an aromatic ring is 1. The van der Waals surface area contributed by atoms with Gasteiger partial charge in [-0.15, -0.1) is 0 Å². The lowest BCUT2D eigenvalue weighted by molar-refractivity contribution is 0.102. The molecule has 0 aromatic heterocycles. The second-order valence-electron chi connectivity index (χ2n) is 4.25. The largest absolute Gasteiger partial charge is 0.399 e. The second-order valence-corrected chi connectivity index (χ2v) is 5.10. The van der Waals surface area contributed by atoms with Gasteiger partial charge in [0.25, 0.3) is 5.91 Å². The first kappa shape index (κ1) is 14.5. The zero-order valence-corrected chi connectivity index (χ0v) is 12.1. The quantitative estimate of drug-likeness (QED) is 0.815. The Kier molecular flexibility index (Phi) is 4.04. The molecule has 0 bridgehead atoms. The van der Waals surface area contributed by atoms with E-state index in [1.807, 2.05) is 0 Å². The van der Waals surface area contributed by atoms with Crippen LogP contribution in [0, 0.1) is 18.6 Å². The molecule has 2 aromatic carbocycles. The van der Waals surface area contributed by atoms with E-state index in [0.717, 1.165) is 6.07 Å². The third kappa shape index (κ3) is 2.80. The van der Waals surface area contributed by atoms with Crippen molar-refractivity contribution in [2.24, 2.45) is 0 Å². The Bertz CT molecular complexity index is 689. The van der Waals surface area contributed by atoms with E-state index in [1.165, 1.54) is 19.1 Å². The predicted octanol–water partition coefficient (Wildman–Crippen LogP) is 3.87. The summed E-state index contributed by atoms with van der Waals surface area (Å²) < 4.78 is 27.9. The van der Waals surface area contributed by atoms with Gasteiger partial charge in [-0.2, -0.15) is 0 Å². The smallest absolute Gasteiger partial charge is 0.257 e. The molecule has 20 heavy (non-hydrogen) atoms. The lowest BCUT2D eigenvalue weighted by Crippen LogP contribution is -2.15. The Labute approximate surface area is 122 Å². The van der Waals surface area contributed by atoms with E-state index in [2.05, 4.69) is 21.2 Å². The lowest BCUT2D eigenvalue weighted by Gasteiger charge is -2.10. The van der Waals surface area contributed by atoms with E-state index >= 15 is 0 Å². The summed E-state index contributed by atoms with van der Waals surface area (Å²) in [5.41, 5.74) is 5.95. The van der Waals surface area contributed by atoms with Gasteiger partial charge in [-0.05, 0) is 52.7 Å².